The van der Waals surface area contributed by atoms with Crippen LogP contribution in [0.5, 0.6) is 11.5 Å². The summed E-state index contributed by atoms with van der Waals surface area (Å²) in [5.41, 5.74) is 1.61. The number of halogens is 1. The number of nitrogens with zero attached hydrogens (tertiary/aromatic N) is 7. The lowest BCUT2D eigenvalue weighted by Crippen LogP contribution is -2.52. The van der Waals surface area contributed by atoms with Crippen LogP contribution in [-0.4, -0.2) is 127 Å². The monoisotopic (exact) mass is 856 g/mol. The van der Waals surface area contributed by atoms with E-state index < -0.39 is 27.8 Å². The minimum Gasteiger partial charge on any atom is -0.453 e. The quantitative estimate of drug-likeness (QED) is 0.157. The molecule has 322 valence electrons. The smallest absolute Gasteiger partial charge is 0.301 e. The normalized spacial score (nSPS) is 18.2. The third-order valence-electron chi connectivity index (χ3n) is 11.6. The average molecular weight is 857 g/mol. The molecule has 7 rings (SSSR count). The number of hydrogen-bond donors (Lipinski definition) is 3. The summed E-state index contributed by atoms with van der Waals surface area (Å²) in [5.74, 6) is -1.37. The minimum atomic E-state index is -4.01. The van der Waals surface area contributed by atoms with Crippen molar-refractivity contribution in [2.24, 2.45) is 0 Å². The number of amides is 3. The van der Waals surface area contributed by atoms with Crippen LogP contribution >= 0.6 is 0 Å². The highest BCUT2D eigenvalue weighted by atomic mass is 32.2. The maximum atomic E-state index is 15.0. The predicted molar refractivity (Wildman–Crippen MR) is 226 cm³/mol. The molecule has 0 radical (unpaired) electrons. The SMILES string of the molecule is CCN(C)S(=O)(=O)Nc1ccc(F)c(Oc2ccc3ncn(CCN4CCN(C(=O)CN5CCC(c6ccc(NC7CCC(=O)NC7=O)cc6)CC5)CC4)c(=O)c3c2)c1C#N. The molecule has 4 heterocycles. The van der Waals surface area contributed by atoms with Crippen molar-refractivity contribution in [3.63, 3.8) is 0 Å². The summed E-state index contributed by atoms with van der Waals surface area (Å²) in [6, 6.07) is 16.1. The zero-order valence-electron chi connectivity index (χ0n) is 34.1. The maximum absolute atomic E-state index is 15.0. The molecular formula is C42H49FN10O7S. The minimum absolute atomic E-state index is 0.0586. The van der Waals surface area contributed by atoms with E-state index in [2.05, 4.69) is 42.3 Å². The molecule has 19 heteroatoms. The number of benzene rings is 3. The van der Waals surface area contributed by atoms with Gasteiger partial charge in [0.05, 0.1) is 29.5 Å². The highest BCUT2D eigenvalue weighted by molar-refractivity contribution is 7.90. The molecule has 17 nitrogen and oxygen atoms in total. The Morgan fingerprint density at radius 1 is 0.984 bits per heavy atom. The third-order valence-corrected chi connectivity index (χ3v) is 13.2. The van der Waals surface area contributed by atoms with Gasteiger partial charge in [-0.15, -0.1) is 0 Å². The number of aromatic nitrogens is 2. The van der Waals surface area contributed by atoms with E-state index in [0.29, 0.717) is 70.1 Å². The predicted octanol–water partition coefficient (Wildman–Crippen LogP) is 3.05. The fourth-order valence-electron chi connectivity index (χ4n) is 7.79. The molecule has 1 aromatic heterocycles. The molecule has 1 unspecified atom stereocenters. The number of carbonyl (C=O) groups excluding carboxylic acids is 3. The Kier molecular flexibility index (Phi) is 13.3. The van der Waals surface area contributed by atoms with E-state index in [9.17, 15) is 32.9 Å². The fraction of sp³-hybridized carbons (Fsp3) is 0.429. The van der Waals surface area contributed by atoms with E-state index in [1.165, 1.54) is 35.6 Å². The topological polar surface area (TPSA) is 202 Å². The van der Waals surface area contributed by atoms with Crippen molar-refractivity contribution in [2.75, 3.05) is 76.0 Å². The van der Waals surface area contributed by atoms with E-state index >= 15 is 4.39 Å². The molecule has 3 fully saturated rings. The zero-order valence-corrected chi connectivity index (χ0v) is 34.9. The molecule has 0 bridgehead atoms. The van der Waals surface area contributed by atoms with Gasteiger partial charge in [0, 0.05) is 65.0 Å². The second kappa shape index (κ2) is 18.8. The first-order valence-corrected chi connectivity index (χ1v) is 21.8. The lowest BCUT2D eigenvalue weighted by atomic mass is 9.89. The second-order valence-corrected chi connectivity index (χ2v) is 17.3. The number of fused-ring (bicyclic) bond motifs is 1. The fourth-order valence-corrected chi connectivity index (χ4v) is 8.73. The molecule has 0 saturated carbocycles. The van der Waals surface area contributed by atoms with Gasteiger partial charge >= 0.3 is 10.2 Å². The Morgan fingerprint density at radius 3 is 2.41 bits per heavy atom. The number of piperidine rings is 2. The lowest BCUT2D eigenvalue weighted by Gasteiger charge is -2.37. The van der Waals surface area contributed by atoms with Crippen molar-refractivity contribution in [1.29, 1.82) is 5.26 Å². The number of ether oxygens (including phenoxy) is 1. The number of anilines is 2. The number of likely N-dealkylation sites (tertiary alicyclic amines) is 1. The van der Waals surface area contributed by atoms with Crippen LogP contribution in [0.15, 0.2) is 65.7 Å². The Labute approximate surface area is 353 Å². The molecular weight excluding hydrogens is 808 g/mol. The average Bonchev–Trinajstić information content (AvgIpc) is 3.26. The van der Waals surface area contributed by atoms with E-state index in [-0.39, 0.29) is 52.2 Å². The van der Waals surface area contributed by atoms with Crippen LogP contribution in [0.25, 0.3) is 10.9 Å². The van der Waals surface area contributed by atoms with Crippen molar-refractivity contribution < 1.29 is 31.9 Å². The first-order valence-electron chi connectivity index (χ1n) is 20.4. The molecule has 0 spiro atoms. The van der Waals surface area contributed by atoms with Crippen molar-refractivity contribution in [3.05, 3.63) is 88.2 Å². The van der Waals surface area contributed by atoms with Gasteiger partial charge in [-0.3, -0.25) is 43.6 Å². The number of carbonyl (C=O) groups is 3. The molecule has 3 aliphatic rings. The van der Waals surface area contributed by atoms with Crippen LogP contribution in [0.4, 0.5) is 15.8 Å². The number of nitrogens with one attached hydrogen (secondary N) is 3. The van der Waals surface area contributed by atoms with Gasteiger partial charge in [0.25, 0.3) is 5.56 Å². The molecule has 4 aromatic rings. The molecule has 61 heavy (non-hydrogen) atoms. The van der Waals surface area contributed by atoms with Crippen molar-refractivity contribution >= 4 is 50.2 Å². The molecule has 0 aliphatic carbocycles. The first-order chi connectivity index (χ1) is 29.3. The largest absolute Gasteiger partial charge is 0.453 e. The van der Waals surface area contributed by atoms with Gasteiger partial charge in [-0.25, -0.2) is 9.37 Å². The van der Waals surface area contributed by atoms with Gasteiger partial charge in [-0.05, 0) is 86.3 Å². The van der Waals surface area contributed by atoms with Crippen LogP contribution in [-0.2, 0) is 31.1 Å². The standard InChI is InChI=1S/C42H49FN10O7S/c1-3-49(2)61(58,59)48-36-11-9-34(43)40(33(36)25-44)60-31-8-10-35-32(24-31)42(57)53(27-45-35)23-20-50-18-21-52(22-19-50)39(55)26-51-16-14-29(15-17-51)28-4-6-30(7-5-28)46-37-12-13-38(54)47-41(37)56/h4-11,24,27,29,37,46,48H,3,12-23,26H2,1-2H3,(H,47,54,56). The van der Waals surface area contributed by atoms with Gasteiger partial charge in [-0.1, -0.05) is 19.1 Å². The summed E-state index contributed by atoms with van der Waals surface area (Å²) in [6.45, 7) is 7.20. The number of rotatable bonds is 14. The van der Waals surface area contributed by atoms with Crippen LogP contribution in [0.2, 0.25) is 0 Å². The Bertz CT molecular complexity index is 2500. The summed E-state index contributed by atoms with van der Waals surface area (Å²) in [5, 5.41) is 15.7. The Balaban J connectivity index is 0.879. The summed E-state index contributed by atoms with van der Waals surface area (Å²) < 4.78 is 50.9. The molecule has 3 saturated heterocycles. The van der Waals surface area contributed by atoms with Gasteiger partial charge in [0.1, 0.15) is 23.4 Å². The summed E-state index contributed by atoms with van der Waals surface area (Å²) >= 11 is 0. The number of piperazine rings is 1. The summed E-state index contributed by atoms with van der Waals surface area (Å²) in [6.07, 6.45) is 4.15. The highest BCUT2D eigenvalue weighted by Crippen LogP contribution is 2.34. The number of hydrogen-bond acceptors (Lipinski definition) is 12. The maximum Gasteiger partial charge on any atom is 0.301 e. The number of imide groups is 1. The van der Waals surface area contributed by atoms with Crippen LogP contribution in [0, 0.1) is 17.1 Å². The van der Waals surface area contributed by atoms with Gasteiger partial charge in [-0.2, -0.15) is 18.0 Å². The number of nitriles is 1. The van der Waals surface area contributed by atoms with Gasteiger partial charge in [0.2, 0.25) is 17.7 Å². The Hall–Kier alpha value is -5.94. The third kappa shape index (κ3) is 10.2. The summed E-state index contributed by atoms with van der Waals surface area (Å²) in [7, 11) is -2.65. The first kappa shape index (κ1) is 43.2. The van der Waals surface area contributed by atoms with E-state index in [1.54, 1.807) is 13.0 Å². The molecule has 1 atom stereocenters. The van der Waals surface area contributed by atoms with Crippen molar-refractivity contribution in [3.8, 4) is 17.6 Å². The molecule has 3 amide bonds. The van der Waals surface area contributed by atoms with Crippen LogP contribution < -0.4 is 25.7 Å². The lowest BCUT2D eigenvalue weighted by molar-refractivity contribution is -0.135. The van der Waals surface area contributed by atoms with E-state index in [0.717, 1.165) is 48.1 Å². The highest BCUT2D eigenvalue weighted by Gasteiger charge is 2.28. The zero-order chi connectivity index (χ0) is 43.3. The molecule has 3 N–H and O–H groups in total. The Morgan fingerprint density at radius 2 is 1.72 bits per heavy atom. The van der Waals surface area contributed by atoms with Crippen molar-refractivity contribution in [1.82, 2.24) is 33.9 Å². The van der Waals surface area contributed by atoms with E-state index in [1.807, 2.05) is 23.1 Å². The van der Waals surface area contributed by atoms with Gasteiger partial charge in [0.15, 0.2) is 11.6 Å². The summed E-state index contributed by atoms with van der Waals surface area (Å²) in [4.78, 5) is 61.2. The van der Waals surface area contributed by atoms with Crippen LogP contribution in [0.3, 0.4) is 0 Å². The molecule has 3 aliphatic heterocycles. The van der Waals surface area contributed by atoms with E-state index in [4.69, 9.17) is 4.74 Å². The van der Waals surface area contributed by atoms with Crippen LogP contribution in [0.1, 0.15) is 49.7 Å². The second-order valence-electron chi connectivity index (χ2n) is 15.5. The van der Waals surface area contributed by atoms with Gasteiger partial charge < -0.3 is 15.0 Å². The molecule has 3 aromatic carbocycles. The van der Waals surface area contributed by atoms with Crippen molar-refractivity contribution in [2.45, 2.75) is 51.1 Å².